The van der Waals surface area contributed by atoms with Crippen LogP contribution in [0, 0.1) is 0 Å². The van der Waals surface area contributed by atoms with Crippen molar-refractivity contribution in [2.75, 3.05) is 19.8 Å². The third-order valence-electron chi connectivity index (χ3n) is 3.25. The molecule has 0 aliphatic carbocycles. The fourth-order valence-corrected chi connectivity index (χ4v) is 2.22. The largest absolute Gasteiger partial charge is 0.378 e. The number of aryl methyl sites for hydroxylation is 1. The Kier molecular flexibility index (Phi) is 2.85. The molecule has 0 amide bonds. The number of aromatic nitrogens is 2. The first-order valence-corrected chi connectivity index (χ1v) is 6.02. The summed E-state index contributed by atoms with van der Waals surface area (Å²) in [6.07, 6.45) is 1.75. The van der Waals surface area contributed by atoms with E-state index in [-0.39, 0.29) is 11.8 Å². The first-order valence-electron chi connectivity index (χ1n) is 6.02. The number of nitrogens with one attached hydrogen (secondary N) is 1. The topological polar surface area (TPSA) is 56.2 Å². The van der Waals surface area contributed by atoms with Crippen molar-refractivity contribution in [1.29, 1.82) is 0 Å². The van der Waals surface area contributed by atoms with Gasteiger partial charge in [-0.3, -0.25) is 4.79 Å². The van der Waals surface area contributed by atoms with Gasteiger partial charge in [0.15, 0.2) is 5.78 Å². The molecule has 0 saturated carbocycles. The van der Waals surface area contributed by atoms with Crippen LogP contribution in [0.25, 0.3) is 11.0 Å². The van der Waals surface area contributed by atoms with E-state index in [9.17, 15) is 4.79 Å². The summed E-state index contributed by atoms with van der Waals surface area (Å²) in [6.45, 7) is 1.84. The lowest BCUT2D eigenvalue weighted by molar-refractivity contribution is 0.0607. The molecule has 94 valence electrons. The lowest BCUT2D eigenvalue weighted by atomic mass is 10.0. The van der Waals surface area contributed by atoms with Crippen molar-refractivity contribution in [2.24, 2.45) is 7.05 Å². The number of carbonyl (C=O) groups excluding carboxylic acids is 1. The third-order valence-corrected chi connectivity index (χ3v) is 3.25. The highest BCUT2D eigenvalue weighted by Crippen LogP contribution is 2.15. The van der Waals surface area contributed by atoms with Gasteiger partial charge in [0.05, 0.1) is 36.6 Å². The molecule has 1 saturated heterocycles. The number of rotatable bonds is 2. The molecule has 0 radical (unpaired) electrons. The van der Waals surface area contributed by atoms with Crippen LogP contribution in [0.2, 0.25) is 0 Å². The Morgan fingerprint density at radius 1 is 1.56 bits per heavy atom. The molecule has 18 heavy (non-hydrogen) atoms. The highest BCUT2D eigenvalue weighted by molar-refractivity contribution is 6.02. The molecule has 5 nitrogen and oxygen atoms in total. The zero-order chi connectivity index (χ0) is 12.5. The summed E-state index contributed by atoms with van der Waals surface area (Å²) in [5.41, 5.74) is 2.56. The van der Waals surface area contributed by atoms with Crippen molar-refractivity contribution >= 4 is 16.8 Å². The molecule has 1 aromatic carbocycles. The van der Waals surface area contributed by atoms with Crippen molar-refractivity contribution in [3.8, 4) is 0 Å². The van der Waals surface area contributed by atoms with Gasteiger partial charge in [-0.15, -0.1) is 0 Å². The standard InChI is InChI=1S/C13H15N3O2/c1-16-8-15-10-6-9(2-3-12(10)16)13(17)11-7-18-5-4-14-11/h2-3,6,8,11,14H,4-5,7H2,1H3. The van der Waals surface area contributed by atoms with Gasteiger partial charge in [-0.25, -0.2) is 4.98 Å². The molecule has 2 heterocycles. The van der Waals surface area contributed by atoms with Gasteiger partial charge in [-0.1, -0.05) is 0 Å². The summed E-state index contributed by atoms with van der Waals surface area (Å²) in [5, 5.41) is 3.17. The number of hydrogen-bond donors (Lipinski definition) is 1. The fraction of sp³-hybridized carbons (Fsp3) is 0.385. The van der Waals surface area contributed by atoms with Crippen LogP contribution in [0.4, 0.5) is 0 Å². The van der Waals surface area contributed by atoms with Crippen molar-refractivity contribution in [2.45, 2.75) is 6.04 Å². The zero-order valence-electron chi connectivity index (χ0n) is 10.2. The van der Waals surface area contributed by atoms with E-state index in [2.05, 4.69) is 10.3 Å². The molecule has 0 bridgehead atoms. The van der Waals surface area contributed by atoms with E-state index in [0.717, 1.165) is 17.6 Å². The molecule has 1 N–H and O–H groups in total. The number of ether oxygens (including phenoxy) is 1. The van der Waals surface area contributed by atoms with Crippen LogP contribution in [-0.2, 0) is 11.8 Å². The van der Waals surface area contributed by atoms with E-state index >= 15 is 0 Å². The van der Waals surface area contributed by atoms with Gasteiger partial charge in [0.1, 0.15) is 0 Å². The molecule has 3 rings (SSSR count). The predicted molar refractivity (Wildman–Crippen MR) is 67.7 cm³/mol. The highest BCUT2D eigenvalue weighted by Gasteiger charge is 2.22. The van der Waals surface area contributed by atoms with Crippen molar-refractivity contribution in [3.05, 3.63) is 30.1 Å². The van der Waals surface area contributed by atoms with Gasteiger partial charge in [-0.2, -0.15) is 0 Å². The summed E-state index contributed by atoms with van der Waals surface area (Å²) < 4.78 is 7.25. The SMILES string of the molecule is Cn1cnc2cc(C(=O)C3COCCN3)ccc21. The number of Topliss-reactive ketones (excluding diaryl/α,β-unsaturated/α-hetero) is 1. The summed E-state index contributed by atoms with van der Waals surface area (Å²) >= 11 is 0. The first-order chi connectivity index (χ1) is 8.75. The van der Waals surface area contributed by atoms with Crippen LogP contribution in [0.1, 0.15) is 10.4 Å². The zero-order valence-corrected chi connectivity index (χ0v) is 10.2. The molecule has 0 spiro atoms. The van der Waals surface area contributed by atoms with E-state index in [0.29, 0.717) is 18.8 Å². The molecule has 1 aliphatic heterocycles. The Balaban J connectivity index is 1.91. The molecule has 1 fully saturated rings. The van der Waals surface area contributed by atoms with Crippen molar-refractivity contribution in [1.82, 2.24) is 14.9 Å². The van der Waals surface area contributed by atoms with Crippen molar-refractivity contribution < 1.29 is 9.53 Å². The maximum absolute atomic E-state index is 12.3. The lowest BCUT2D eigenvalue weighted by Crippen LogP contribution is -2.46. The van der Waals surface area contributed by atoms with Gasteiger partial charge in [0.2, 0.25) is 0 Å². The molecule has 5 heteroatoms. The fourth-order valence-electron chi connectivity index (χ4n) is 2.22. The Morgan fingerprint density at radius 3 is 3.22 bits per heavy atom. The van der Waals surface area contributed by atoms with Crippen LogP contribution in [0.3, 0.4) is 0 Å². The molecule has 1 atom stereocenters. The molecular formula is C13H15N3O2. The minimum Gasteiger partial charge on any atom is -0.378 e. The second kappa shape index (κ2) is 4.51. The number of morpholine rings is 1. The highest BCUT2D eigenvalue weighted by atomic mass is 16.5. The summed E-state index contributed by atoms with van der Waals surface area (Å²) in [7, 11) is 1.94. The lowest BCUT2D eigenvalue weighted by Gasteiger charge is -2.22. The number of hydrogen-bond acceptors (Lipinski definition) is 4. The number of carbonyl (C=O) groups is 1. The van der Waals surface area contributed by atoms with Crippen LogP contribution in [0.5, 0.6) is 0 Å². The number of nitrogens with zero attached hydrogens (tertiary/aromatic N) is 2. The molecular weight excluding hydrogens is 230 g/mol. The van der Waals surface area contributed by atoms with E-state index in [4.69, 9.17) is 4.74 Å². The maximum atomic E-state index is 12.3. The summed E-state index contributed by atoms with van der Waals surface area (Å²) in [6, 6.07) is 5.38. The van der Waals surface area contributed by atoms with Crippen LogP contribution in [0.15, 0.2) is 24.5 Å². The van der Waals surface area contributed by atoms with Crippen LogP contribution in [-0.4, -0.2) is 41.1 Å². The summed E-state index contributed by atoms with van der Waals surface area (Å²) in [5.74, 6) is 0.0715. The minimum absolute atomic E-state index is 0.0715. The Bertz CT molecular complexity index is 585. The van der Waals surface area contributed by atoms with Gasteiger partial charge in [0.25, 0.3) is 0 Å². The smallest absolute Gasteiger partial charge is 0.182 e. The van der Waals surface area contributed by atoms with Crippen LogP contribution >= 0.6 is 0 Å². The Labute approximate surface area is 105 Å². The van der Waals surface area contributed by atoms with Gasteiger partial charge in [0, 0.05) is 19.2 Å². The first kappa shape index (κ1) is 11.4. The predicted octanol–water partition coefficient (Wildman–Crippen LogP) is 0.744. The quantitative estimate of drug-likeness (QED) is 0.793. The van der Waals surface area contributed by atoms with Crippen LogP contribution < -0.4 is 5.32 Å². The number of fused-ring (bicyclic) bond motifs is 1. The average molecular weight is 245 g/mol. The summed E-state index contributed by atoms with van der Waals surface area (Å²) in [4.78, 5) is 16.5. The average Bonchev–Trinajstić information content (AvgIpc) is 2.80. The van der Waals surface area contributed by atoms with Gasteiger partial charge >= 0.3 is 0 Å². The van der Waals surface area contributed by atoms with Gasteiger partial charge in [-0.05, 0) is 18.2 Å². The Morgan fingerprint density at radius 2 is 2.44 bits per heavy atom. The van der Waals surface area contributed by atoms with Crippen molar-refractivity contribution in [3.63, 3.8) is 0 Å². The van der Waals surface area contributed by atoms with E-state index < -0.39 is 0 Å². The minimum atomic E-state index is -0.236. The number of ketones is 1. The molecule has 1 unspecified atom stereocenters. The van der Waals surface area contributed by atoms with E-state index in [1.807, 2.05) is 29.8 Å². The normalized spacial score (nSPS) is 20.2. The number of imidazole rings is 1. The molecule has 1 aromatic heterocycles. The second-order valence-corrected chi connectivity index (χ2v) is 4.50. The third kappa shape index (κ3) is 1.91. The molecule has 1 aliphatic rings. The molecule has 2 aromatic rings. The van der Waals surface area contributed by atoms with E-state index in [1.165, 1.54) is 0 Å². The van der Waals surface area contributed by atoms with E-state index in [1.54, 1.807) is 6.33 Å². The monoisotopic (exact) mass is 245 g/mol. The number of benzene rings is 1. The maximum Gasteiger partial charge on any atom is 0.182 e. The Hall–Kier alpha value is -1.72. The second-order valence-electron chi connectivity index (χ2n) is 4.50. The van der Waals surface area contributed by atoms with Gasteiger partial charge < -0.3 is 14.6 Å².